The molecule has 0 bridgehead atoms. The van der Waals surface area contributed by atoms with Gasteiger partial charge in [0.2, 0.25) is 0 Å². The van der Waals surface area contributed by atoms with Crippen molar-refractivity contribution < 1.29 is 4.39 Å². The van der Waals surface area contributed by atoms with Gasteiger partial charge in [-0.1, -0.05) is 12.1 Å². The zero-order chi connectivity index (χ0) is 12.3. The van der Waals surface area contributed by atoms with Gasteiger partial charge in [-0.2, -0.15) is 5.10 Å². The number of nitrogens with one attached hydrogen (secondary N) is 1. The van der Waals surface area contributed by atoms with Crippen LogP contribution in [-0.4, -0.2) is 9.78 Å². The van der Waals surface area contributed by atoms with Crippen molar-refractivity contribution in [3.63, 3.8) is 0 Å². The number of rotatable bonds is 4. The highest BCUT2D eigenvalue weighted by atomic mass is 35.5. The molecule has 98 valence electrons. The second kappa shape index (κ2) is 6.40. The summed E-state index contributed by atoms with van der Waals surface area (Å²) in [4.78, 5) is 0. The molecule has 0 aliphatic heterocycles. The van der Waals surface area contributed by atoms with Crippen molar-refractivity contribution in [2.75, 3.05) is 5.32 Å². The van der Waals surface area contributed by atoms with Gasteiger partial charge in [0.25, 0.3) is 0 Å². The van der Waals surface area contributed by atoms with Gasteiger partial charge < -0.3 is 5.32 Å². The number of aromatic nitrogens is 2. The molecule has 0 saturated carbocycles. The lowest BCUT2D eigenvalue weighted by molar-refractivity contribution is 0.626. The van der Waals surface area contributed by atoms with Crippen LogP contribution in [-0.2, 0) is 13.1 Å². The van der Waals surface area contributed by atoms with E-state index < -0.39 is 0 Å². The van der Waals surface area contributed by atoms with E-state index in [0.29, 0.717) is 6.54 Å². The van der Waals surface area contributed by atoms with E-state index in [0.717, 1.165) is 23.5 Å². The summed E-state index contributed by atoms with van der Waals surface area (Å²) in [7, 11) is 0. The lowest BCUT2D eigenvalue weighted by Crippen LogP contribution is -1.99. The van der Waals surface area contributed by atoms with Crippen molar-refractivity contribution in [3.05, 3.63) is 47.5 Å². The van der Waals surface area contributed by atoms with Gasteiger partial charge in [0.05, 0.1) is 11.4 Å². The second-order valence-electron chi connectivity index (χ2n) is 3.97. The Labute approximate surface area is 112 Å². The topological polar surface area (TPSA) is 29.9 Å². The van der Waals surface area contributed by atoms with Gasteiger partial charge in [-0.05, 0) is 31.5 Å². The standard InChI is InChI=1S/C13H16FN3.ClH/c1-3-17-9-13(10(2)16-17)15-8-11-5-4-6-12(14)7-11;/h4-7,9,15H,3,8H2,1-2H3;1H. The van der Waals surface area contributed by atoms with E-state index >= 15 is 0 Å². The number of nitrogens with zero attached hydrogens (tertiary/aromatic N) is 2. The first kappa shape index (κ1) is 14.5. The third kappa shape index (κ3) is 3.47. The third-order valence-corrected chi connectivity index (χ3v) is 2.64. The monoisotopic (exact) mass is 269 g/mol. The second-order valence-corrected chi connectivity index (χ2v) is 3.97. The number of benzene rings is 1. The van der Waals surface area contributed by atoms with Crippen molar-refractivity contribution in [3.8, 4) is 0 Å². The first-order valence-electron chi connectivity index (χ1n) is 5.71. The summed E-state index contributed by atoms with van der Waals surface area (Å²) in [5.41, 5.74) is 2.88. The van der Waals surface area contributed by atoms with Crippen molar-refractivity contribution in [1.29, 1.82) is 0 Å². The summed E-state index contributed by atoms with van der Waals surface area (Å²) in [6.07, 6.45) is 1.97. The summed E-state index contributed by atoms with van der Waals surface area (Å²) in [6.45, 7) is 5.46. The van der Waals surface area contributed by atoms with E-state index in [4.69, 9.17) is 0 Å². The first-order chi connectivity index (χ1) is 8.19. The Hall–Kier alpha value is -1.55. The lowest BCUT2D eigenvalue weighted by Gasteiger charge is -2.04. The predicted molar refractivity (Wildman–Crippen MR) is 73.6 cm³/mol. The zero-order valence-electron chi connectivity index (χ0n) is 10.5. The summed E-state index contributed by atoms with van der Waals surface area (Å²) in [5.74, 6) is -0.203. The fraction of sp³-hybridized carbons (Fsp3) is 0.308. The molecular formula is C13H17ClFN3. The number of halogens is 2. The Bertz CT molecular complexity index is 511. The molecule has 0 fully saturated rings. The third-order valence-electron chi connectivity index (χ3n) is 2.64. The van der Waals surface area contributed by atoms with Crippen LogP contribution in [0.25, 0.3) is 0 Å². The summed E-state index contributed by atoms with van der Waals surface area (Å²) < 4.78 is 14.9. The zero-order valence-corrected chi connectivity index (χ0v) is 11.3. The van der Waals surface area contributed by atoms with E-state index in [2.05, 4.69) is 10.4 Å². The van der Waals surface area contributed by atoms with Gasteiger partial charge in [-0.15, -0.1) is 12.4 Å². The molecule has 2 aromatic rings. The van der Waals surface area contributed by atoms with E-state index in [-0.39, 0.29) is 18.2 Å². The van der Waals surface area contributed by atoms with Crippen molar-refractivity contribution in [1.82, 2.24) is 9.78 Å². The Balaban J connectivity index is 0.00000162. The molecule has 0 aliphatic rings. The minimum absolute atomic E-state index is 0. The molecule has 0 saturated heterocycles. The van der Waals surface area contributed by atoms with Crippen LogP contribution in [0.15, 0.2) is 30.5 Å². The molecular weight excluding hydrogens is 253 g/mol. The Morgan fingerprint density at radius 3 is 2.78 bits per heavy atom. The van der Waals surface area contributed by atoms with Gasteiger partial charge in [0.15, 0.2) is 0 Å². The Morgan fingerprint density at radius 2 is 2.17 bits per heavy atom. The fourth-order valence-corrected chi connectivity index (χ4v) is 1.70. The van der Waals surface area contributed by atoms with Crippen LogP contribution in [0.5, 0.6) is 0 Å². The van der Waals surface area contributed by atoms with Crippen LogP contribution in [0.4, 0.5) is 10.1 Å². The fourth-order valence-electron chi connectivity index (χ4n) is 1.70. The number of aryl methyl sites for hydroxylation is 2. The number of anilines is 1. The maximum absolute atomic E-state index is 13.0. The highest BCUT2D eigenvalue weighted by Crippen LogP contribution is 2.14. The van der Waals surface area contributed by atoms with Crippen molar-refractivity contribution in [2.24, 2.45) is 0 Å². The average Bonchev–Trinajstić information content (AvgIpc) is 2.68. The van der Waals surface area contributed by atoms with Crippen LogP contribution in [0.3, 0.4) is 0 Å². The minimum atomic E-state index is -0.203. The van der Waals surface area contributed by atoms with E-state index in [1.165, 1.54) is 12.1 Å². The van der Waals surface area contributed by atoms with Crippen LogP contribution >= 0.6 is 12.4 Å². The van der Waals surface area contributed by atoms with Crippen LogP contribution in [0, 0.1) is 12.7 Å². The normalized spacial score (nSPS) is 9.94. The number of hydrogen-bond donors (Lipinski definition) is 1. The molecule has 18 heavy (non-hydrogen) atoms. The molecule has 1 N–H and O–H groups in total. The van der Waals surface area contributed by atoms with Crippen LogP contribution < -0.4 is 5.32 Å². The molecule has 0 amide bonds. The molecule has 0 atom stereocenters. The van der Waals surface area contributed by atoms with Gasteiger partial charge in [0.1, 0.15) is 5.82 Å². The Morgan fingerprint density at radius 1 is 1.39 bits per heavy atom. The summed E-state index contributed by atoms with van der Waals surface area (Å²) in [5, 5.41) is 7.60. The maximum atomic E-state index is 13.0. The molecule has 1 aromatic heterocycles. The van der Waals surface area contributed by atoms with Crippen molar-refractivity contribution in [2.45, 2.75) is 26.9 Å². The molecule has 0 spiro atoms. The van der Waals surface area contributed by atoms with Crippen molar-refractivity contribution >= 4 is 18.1 Å². The summed E-state index contributed by atoms with van der Waals surface area (Å²) in [6, 6.07) is 6.60. The number of hydrogen-bond acceptors (Lipinski definition) is 2. The molecule has 5 heteroatoms. The predicted octanol–water partition coefficient (Wildman–Crippen LogP) is 3.38. The molecule has 1 heterocycles. The molecule has 3 nitrogen and oxygen atoms in total. The Kier molecular flexibility index (Phi) is 5.16. The smallest absolute Gasteiger partial charge is 0.123 e. The minimum Gasteiger partial charge on any atom is -0.378 e. The quantitative estimate of drug-likeness (QED) is 0.922. The van der Waals surface area contributed by atoms with Crippen LogP contribution in [0.1, 0.15) is 18.2 Å². The van der Waals surface area contributed by atoms with E-state index in [1.807, 2.05) is 30.8 Å². The van der Waals surface area contributed by atoms with E-state index in [1.54, 1.807) is 6.07 Å². The highest BCUT2D eigenvalue weighted by Gasteiger charge is 2.03. The maximum Gasteiger partial charge on any atom is 0.123 e. The van der Waals surface area contributed by atoms with Gasteiger partial charge in [-0.25, -0.2) is 4.39 Å². The van der Waals surface area contributed by atoms with Gasteiger partial charge >= 0.3 is 0 Å². The summed E-state index contributed by atoms with van der Waals surface area (Å²) >= 11 is 0. The molecule has 2 rings (SSSR count). The molecule has 0 unspecified atom stereocenters. The average molecular weight is 270 g/mol. The largest absolute Gasteiger partial charge is 0.378 e. The first-order valence-corrected chi connectivity index (χ1v) is 5.71. The molecule has 0 aliphatic carbocycles. The van der Waals surface area contributed by atoms with Crippen LogP contribution in [0.2, 0.25) is 0 Å². The van der Waals surface area contributed by atoms with E-state index in [9.17, 15) is 4.39 Å². The highest BCUT2D eigenvalue weighted by molar-refractivity contribution is 5.85. The lowest BCUT2D eigenvalue weighted by atomic mass is 10.2. The van der Waals surface area contributed by atoms with Gasteiger partial charge in [0, 0.05) is 19.3 Å². The molecule has 0 radical (unpaired) electrons. The molecule has 1 aromatic carbocycles. The SMILES string of the molecule is CCn1cc(NCc2cccc(F)c2)c(C)n1.Cl. The van der Waals surface area contributed by atoms with Gasteiger partial charge in [-0.3, -0.25) is 4.68 Å².